The van der Waals surface area contributed by atoms with E-state index < -0.39 is 0 Å². The van der Waals surface area contributed by atoms with Crippen molar-refractivity contribution in [2.75, 3.05) is 23.3 Å². The van der Waals surface area contributed by atoms with Gasteiger partial charge in [0.1, 0.15) is 5.82 Å². The molecule has 2 aromatic carbocycles. The standard InChI is InChI=1S/C22H21ClFN3O/c23-16-1-4-18(5-2-16)26-22(28)13-15-8-11-27(12-9-15)21-7-10-25-20-6-3-17(24)14-19(20)21/h1-7,10,14-15H,8-9,11-13H2,(H,26,28). The van der Waals surface area contributed by atoms with Gasteiger partial charge in [0, 0.05) is 47.5 Å². The molecule has 1 fully saturated rings. The van der Waals surface area contributed by atoms with E-state index in [0.717, 1.165) is 48.2 Å². The Hall–Kier alpha value is -2.66. The van der Waals surface area contributed by atoms with Crippen LogP contribution in [-0.2, 0) is 4.79 Å². The molecular weight excluding hydrogens is 377 g/mol. The second-order valence-electron chi connectivity index (χ2n) is 7.18. The first-order valence-electron chi connectivity index (χ1n) is 9.43. The van der Waals surface area contributed by atoms with Crippen LogP contribution >= 0.6 is 11.6 Å². The number of fused-ring (bicyclic) bond motifs is 1. The Morgan fingerprint density at radius 3 is 2.64 bits per heavy atom. The van der Waals surface area contributed by atoms with Crippen molar-refractivity contribution in [1.29, 1.82) is 0 Å². The van der Waals surface area contributed by atoms with Gasteiger partial charge < -0.3 is 10.2 Å². The molecule has 28 heavy (non-hydrogen) atoms. The zero-order chi connectivity index (χ0) is 19.5. The minimum Gasteiger partial charge on any atom is -0.371 e. The summed E-state index contributed by atoms with van der Waals surface area (Å²) >= 11 is 5.87. The lowest BCUT2D eigenvalue weighted by molar-refractivity contribution is -0.117. The number of pyridine rings is 1. The summed E-state index contributed by atoms with van der Waals surface area (Å²) in [4.78, 5) is 18.9. The van der Waals surface area contributed by atoms with Crippen LogP contribution in [0.4, 0.5) is 15.8 Å². The van der Waals surface area contributed by atoms with Crippen molar-refractivity contribution < 1.29 is 9.18 Å². The minimum absolute atomic E-state index is 0.0252. The third-order valence-corrected chi connectivity index (χ3v) is 5.49. The maximum Gasteiger partial charge on any atom is 0.224 e. The third-order valence-electron chi connectivity index (χ3n) is 5.24. The summed E-state index contributed by atoms with van der Waals surface area (Å²) in [5, 5.41) is 4.41. The second kappa shape index (κ2) is 8.15. The normalized spacial score (nSPS) is 15.0. The Morgan fingerprint density at radius 1 is 1.14 bits per heavy atom. The SMILES string of the molecule is O=C(CC1CCN(c2ccnc3ccc(F)cc23)CC1)Nc1ccc(Cl)cc1. The summed E-state index contributed by atoms with van der Waals surface area (Å²) < 4.78 is 13.7. The fourth-order valence-electron chi connectivity index (χ4n) is 3.77. The number of hydrogen-bond donors (Lipinski definition) is 1. The van der Waals surface area contributed by atoms with Crippen LogP contribution in [0.5, 0.6) is 0 Å². The molecule has 4 rings (SSSR count). The number of halogens is 2. The van der Waals surface area contributed by atoms with E-state index >= 15 is 0 Å². The summed E-state index contributed by atoms with van der Waals surface area (Å²) in [7, 11) is 0. The topological polar surface area (TPSA) is 45.2 Å². The highest BCUT2D eigenvalue weighted by molar-refractivity contribution is 6.30. The van der Waals surface area contributed by atoms with Crippen molar-refractivity contribution >= 4 is 39.8 Å². The van der Waals surface area contributed by atoms with E-state index in [1.165, 1.54) is 6.07 Å². The first-order valence-corrected chi connectivity index (χ1v) is 9.81. The van der Waals surface area contributed by atoms with Crippen LogP contribution in [0.25, 0.3) is 10.9 Å². The Morgan fingerprint density at radius 2 is 1.89 bits per heavy atom. The summed E-state index contributed by atoms with van der Waals surface area (Å²) in [6.07, 6.45) is 4.11. The number of carbonyl (C=O) groups is 1. The van der Waals surface area contributed by atoms with E-state index in [1.807, 2.05) is 6.07 Å². The van der Waals surface area contributed by atoms with Gasteiger partial charge in [0.05, 0.1) is 5.52 Å². The molecule has 1 N–H and O–H groups in total. The van der Waals surface area contributed by atoms with Gasteiger partial charge in [0.25, 0.3) is 0 Å². The second-order valence-corrected chi connectivity index (χ2v) is 7.62. The number of rotatable bonds is 4. The van der Waals surface area contributed by atoms with Crippen molar-refractivity contribution in [2.45, 2.75) is 19.3 Å². The highest BCUT2D eigenvalue weighted by Crippen LogP contribution is 2.30. The third kappa shape index (κ3) is 4.25. The molecule has 0 unspecified atom stereocenters. The molecule has 0 bridgehead atoms. The van der Waals surface area contributed by atoms with Gasteiger partial charge in [-0.3, -0.25) is 9.78 Å². The molecule has 0 aliphatic carbocycles. The highest BCUT2D eigenvalue weighted by Gasteiger charge is 2.23. The summed E-state index contributed by atoms with van der Waals surface area (Å²) in [6.45, 7) is 1.68. The van der Waals surface area contributed by atoms with Crippen molar-refractivity contribution in [3.8, 4) is 0 Å². The molecule has 4 nitrogen and oxygen atoms in total. The van der Waals surface area contributed by atoms with E-state index in [0.29, 0.717) is 17.4 Å². The van der Waals surface area contributed by atoms with Crippen LogP contribution in [0.2, 0.25) is 5.02 Å². The molecular formula is C22H21ClFN3O. The smallest absolute Gasteiger partial charge is 0.224 e. The number of hydrogen-bond acceptors (Lipinski definition) is 3. The van der Waals surface area contributed by atoms with Gasteiger partial charge in [0.2, 0.25) is 5.91 Å². The maximum atomic E-state index is 13.7. The van der Waals surface area contributed by atoms with Crippen LogP contribution in [-0.4, -0.2) is 24.0 Å². The van der Waals surface area contributed by atoms with E-state index in [1.54, 1.807) is 42.6 Å². The lowest BCUT2D eigenvalue weighted by Crippen LogP contribution is -2.35. The predicted molar refractivity (Wildman–Crippen MR) is 111 cm³/mol. The number of nitrogens with one attached hydrogen (secondary N) is 1. The molecule has 6 heteroatoms. The predicted octanol–water partition coefficient (Wildman–Crippen LogP) is 5.27. The Kier molecular flexibility index (Phi) is 5.44. The van der Waals surface area contributed by atoms with Crippen LogP contribution < -0.4 is 10.2 Å². The Bertz CT molecular complexity index is 985. The first kappa shape index (κ1) is 18.7. The molecule has 1 aliphatic rings. The van der Waals surface area contributed by atoms with Crippen molar-refractivity contribution in [3.05, 3.63) is 65.6 Å². The monoisotopic (exact) mass is 397 g/mol. The quantitative estimate of drug-likeness (QED) is 0.652. The minimum atomic E-state index is -0.254. The zero-order valence-electron chi connectivity index (χ0n) is 15.4. The van der Waals surface area contributed by atoms with Crippen LogP contribution in [0.15, 0.2) is 54.7 Å². The number of aromatic nitrogens is 1. The molecule has 3 aromatic rings. The van der Waals surface area contributed by atoms with Gasteiger partial charge in [-0.25, -0.2) is 4.39 Å². The van der Waals surface area contributed by atoms with E-state index in [9.17, 15) is 9.18 Å². The maximum absolute atomic E-state index is 13.7. The number of anilines is 2. The Balaban J connectivity index is 1.36. The van der Waals surface area contributed by atoms with E-state index in [4.69, 9.17) is 11.6 Å². The summed E-state index contributed by atoms with van der Waals surface area (Å²) in [5.41, 5.74) is 2.56. The van der Waals surface area contributed by atoms with Gasteiger partial charge in [-0.05, 0) is 67.3 Å². The lowest BCUT2D eigenvalue weighted by Gasteiger charge is -2.34. The average Bonchev–Trinajstić information content (AvgIpc) is 2.70. The van der Waals surface area contributed by atoms with Crippen LogP contribution in [0.1, 0.15) is 19.3 Å². The largest absolute Gasteiger partial charge is 0.371 e. The van der Waals surface area contributed by atoms with Gasteiger partial charge >= 0.3 is 0 Å². The molecule has 1 amide bonds. The van der Waals surface area contributed by atoms with Crippen molar-refractivity contribution in [1.82, 2.24) is 4.98 Å². The van der Waals surface area contributed by atoms with Gasteiger partial charge in [-0.15, -0.1) is 0 Å². The molecule has 0 atom stereocenters. The van der Waals surface area contributed by atoms with E-state index in [2.05, 4.69) is 15.2 Å². The number of carbonyl (C=O) groups excluding carboxylic acids is 1. The number of amides is 1. The molecule has 0 saturated carbocycles. The van der Waals surface area contributed by atoms with Gasteiger partial charge in [0.15, 0.2) is 0 Å². The molecule has 1 aromatic heterocycles. The molecule has 0 spiro atoms. The van der Waals surface area contributed by atoms with Crippen LogP contribution in [0, 0.1) is 11.7 Å². The fourth-order valence-corrected chi connectivity index (χ4v) is 3.89. The molecule has 1 aliphatic heterocycles. The average molecular weight is 398 g/mol. The number of benzene rings is 2. The Labute approximate surface area is 168 Å². The highest BCUT2D eigenvalue weighted by atomic mass is 35.5. The fraction of sp³-hybridized carbons (Fsp3) is 0.273. The van der Waals surface area contributed by atoms with Gasteiger partial charge in [-0.2, -0.15) is 0 Å². The number of nitrogens with zero attached hydrogens (tertiary/aromatic N) is 2. The van der Waals surface area contributed by atoms with E-state index in [-0.39, 0.29) is 11.7 Å². The first-order chi connectivity index (χ1) is 13.6. The van der Waals surface area contributed by atoms with Crippen LogP contribution in [0.3, 0.4) is 0 Å². The lowest BCUT2D eigenvalue weighted by atomic mass is 9.92. The molecule has 1 saturated heterocycles. The van der Waals surface area contributed by atoms with Gasteiger partial charge in [-0.1, -0.05) is 11.6 Å². The summed E-state index contributed by atoms with van der Waals surface area (Å²) in [6, 6.07) is 13.8. The zero-order valence-corrected chi connectivity index (χ0v) is 16.1. The summed E-state index contributed by atoms with van der Waals surface area (Å²) in [5.74, 6) is 0.112. The van der Waals surface area contributed by atoms with Crippen molar-refractivity contribution in [2.24, 2.45) is 5.92 Å². The molecule has 2 heterocycles. The van der Waals surface area contributed by atoms with Crippen molar-refractivity contribution in [3.63, 3.8) is 0 Å². The molecule has 0 radical (unpaired) electrons. The molecule has 144 valence electrons. The number of piperidine rings is 1.